The highest BCUT2D eigenvalue weighted by molar-refractivity contribution is 5.80. The first kappa shape index (κ1) is 10.7. The van der Waals surface area contributed by atoms with Crippen LogP contribution in [0.2, 0.25) is 0 Å². The second-order valence-corrected chi connectivity index (χ2v) is 4.13. The maximum Gasteiger partial charge on any atom is 0.137 e. The molecule has 1 fully saturated rings. The molecule has 0 aliphatic carbocycles. The number of Topliss-reactive ketones (excluding diaryl/α,β-unsaturated/α-hetero) is 1. The minimum atomic E-state index is 0.138. The lowest BCUT2D eigenvalue weighted by Gasteiger charge is -2.28. The number of carbonyl (C=O) groups is 1. The summed E-state index contributed by atoms with van der Waals surface area (Å²) >= 11 is 0. The molecule has 0 amide bonds. The smallest absolute Gasteiger partial charge is 0.137 e. The van der Waals surface area contributed by atoms with Gasteiger partial charge in [0.25, 0.3) is 0 Å². The van der Waals surface area contributed by atoms with E-state index >= 15 is 0 Å². The van der Waals surface area contributed by atoms with Gasteiger partial charge in [0.05, 0.1) is 13.2 Å². The normalized spacial score (nSPS) is 29.2. The van der Waals surface area contributed by atoms with E-state index in [2.05, 4.69) is 12.2 Å². The van der Waals surface area contributed by atoms with Crippen LogP contribution < -0.4 is 5.32 Å². The first-order valence-corrected chi connectivity index (χ1v) is 4.96. The zero-order valence-electron chi connectivity index (χ0n) is 8.67. The molecule has 1 N–H and O–H groups in total. The van der Waals surface area contributed by atoms with E-state index in [1.165, 1.54) is 0 Å². The number of morpholine rings is 1. The summed E-state index contributed by atoms with van der Waals surface area (Å²) in [4.78, 5) is 11.4. The van der Waals surface area contributed by atoms with E-state index in [1.54, 1.807) is 0 Å². The van der Waals surface area contributed by atoms with Gasteiger partial charge in [-0.25, -0.2) is 0 Å². The molecule has 0 radical (unpaired) electrons. The van der Waals surface area contributed by atoms with Crippen LogP contribution in [0.3, 0.4) is 0 Å². The predicted octanol–water partition coefficient (Wildman–Crippen LogP) is 0.978. The van der Waals surface area contributed by atoms with E-state index in [-0.39, 0.29) is 12.0 Å². The molecule has 1 saturated heterocycles. The van der Waals surface area contributed by atoms with Gasteiger partial charge in [0, 0.05) is 24.4 Å². The highest BCUT2D eigenvalue weighted by Gasteiger charge is 2.21. The van der Waals surface area contributed by atoms with Crippen LogP contribution in [-0.2, 0) is 9.53 Å². The predicted molar refractivity (Wildman–Crippen MR) is 51.7 cm³/mol. The molecule has 1 aliphatic heterocycles. The average Bonchev–Trinajstić information content (AvgIpc) is 2.04. The van der Waals surface area contributed by atoms with Crippen molar-refractivity contribution < 1.29 is 9.53 Å². The molecule has 0 aromatic rings. The molecular weight excluding hydrogens is 166 g/mol. The fraction of sp³-hybridized carbons (Fsp3) is 0.900. The molecule has 13 heavy (non-hydrogen) atoms. The third kappa shape index (κ3) is 3.44. The topological polar surface area (TPSA) is 38.3 Å². The van der Waals surface area contributed by atoms with Gasteiger partial charge >= 0.3 is 0 Å². The van der Waals surface area contributed by atoms with Crippen molar-refractivity contribution in [3.8, 4) is 0 Å². The van der Waals surface area contributed by atoms with Gasteiger partial charge in [-0.2, -0.15) is 0 Å². The average molecular weight is 185 g/mol. The summed E-state index contributed by atoms with van der Waals surface area (Å²) < 4.78 is 5.36. The SMILES string of the molecule is CC1COCC(CC(=O)C(C)C)N1. The first-order chi connectivity index (χ1) is 6.09. The van der Waals surface area contributed by atoms with Gasteiger partial charge in [-0.05, 0) is 6.92 Å². The van der Waals surface area contributed by atoms with Gasteiger partial charge in [0.15, 0.2) is 0 Å². The van der Waals surface area contributed by atoms with E-state index in [1.807, 2.05) is 13.8 Å². The van der Waals surface area contributed by atoms with Gasteiger partial charge in [-0.1, -0.05) is 13.8 Å². The van der Waals surface area contributed by atoms with Crippen LogP contribution in [0.1, 0.15) is 27.2 Å². The quantitative estimate of drug-likeness (QED) is 0.712. The van der Waals surface area contributed by atoms with Crippen LogP contribution in [0.15, 0.2) is 0 Å². The van der Waals surface area contributed by atoms with Crippen molar-refractivity contribution in [2.24, 2.45) is 5.92 Å². The molecule has 0 saturated carbocycles. The number of carbonyl (C=O) groups excluding carboxylic acids is 1. The summed E-state index contributed by atoms with van der Waals surface area (Å²) in [5.41, 5.74) is 0. The minimum Gasteiger partial charge on any atom is -0.378 e. The molecule has 1 rings (SSSR count). The molecule has 76 valence electrons. The van der Waals surface area contributed by atoms with Crippen LogP contribution in [0.25, 0.3) is 0 Å². The van der Waals surface area contributed by atoms with Crippen LogP contribution in [0, 0.1) is 5.92 Å². The molecule has 3 heteroatoms. The van der Waals surface area contributed by atoms with Gasteiger partial charge in [0.1, 0.15) is 5.78 Å². The molecule has 0 spiro atoms. The number of hydrogen-bond acceptors (Lipinski definition) is 3. The summed E-state index contributed by atoms with van der Waals surface area (Å²) in [6.07, 6.45) is 0.599. The Hall–Kier alpha value is -0.410. The van der Waals surface area contributed by atoms with Crippen LogP contribution in [-0.4, -0.2) is 31.1 Å². The van der Waals surface area contributed by atoms with Crippen molar-refractivity contribution in [2.75, 3.05) is 13.2 Å². The van der Waals surface area contributed by atoms with Crippen molar-refractivity contribution in [3.63, 3.8) is 0 Å². The van der Waals surface area contributed by atoms with Crippen LogP contribution in [0.5, 0.6) is 0 Å². The molecule has 0 aromatic carbocycles. The van der Waals surface area contributed by atoms with Crippen molar-refractivity contribution in [3.05, 3.63) is 0 Å². The molecule has 0 aromatic heterocycles. The summed E-state index contributed by atoms with van der Waals surface area (Å²) in [5.74, 6) is 0.453. The Morgan fingerprint density at radius 3 is 2.77 bits per heavy atom. The number of nitrogens with one attached hydrogen (secondary N) is 1. The van der Waals surface area contributed by atoms with Gasteiger partial charge in [-0.15, -0.1) is 0 Å². The molecular formula is C10H19NO2. The lowest BCUT2D eigenvalue weighted by molar-refractivity contribution is -0.123. The van der Waals surface area contributed by atoms with E-state index in [9.17, 15) is 4.79 Å². The van der Waals surface area contributed by atoms with E-state index in [4.69, 9.17) is 4.74 Å². The Bertz CT molecular complexity index is 180. The third-order valence-corrected chi connectivity index (χ3v) is 2.30. The van der Waals surface area contributed by atoms with Crippen molar-refractivity contribution >= 4 is 5.78 Å². The van der Waals surface area contributed by atoms with Gasteiger partial charge in [-0.3, -0.25) is 4.79 Å². The Labute approximate surface area is 79.8 Å². The van der Waals surface area contributed by atoms with Gasteiger partial charge in [0.2, 0.25) is 0 Å². The first-order valence-electron chi connectivity index (χ1n) is 4.96. The second kappa shape index (κ2) is 4.72. The molecule has 2 atom stereocenters. The van der Waals surface area contributed by atoms with Crippen molar-refractivity contribution in [1.29, 1.82) is 0 Å². The zero-order valence-corrected chi connectivity index (χ0v) is 8.67. The third-order valence-electron chi connectivity index (χ3n) is 2.30. The van der Waals surface area contributed by atoms with E-state index in [0.29, 0.717) is 24.9 Å². The Kier molecular flexibility index (Phi) is 3.88. The fourth-order valence-electron chi connectivity index (χ4n) is 1.48. The maximum atomic E-state index is 11.4. The van der Waals surface area contributed by atoms with Crippen molar-refractivity contribution in [1.82, 2.24) is 5.32 Å². The Morgan fingerprint density at radius 1 is 1.54 bits per heavy atom. The zero-order chi connectivity index (χ0) is 9.84. The highest BCUT2D eigenvalue weighted by Crippen LogP contribution is 2.07. The molecule has 2 unspecified atom stereocenters. The second-order valence-electron chi connectivity index (χ2n) is 4.13. The fourth-order valence-corrected chi connectivity index (χ4v) is 1.48. The minimum absolute atomic E-state index is 0.138. The molecule has 1 heterocycles. The highest BCUT2D eigenvalue weighted by atomic mass is 16.5. The number of ketones is 1. The number of hydrogen-bond donors (Lipinski definition) is 1. The molecule has 3 nitrogen and oxygen atoms in total. The van der Waals surface area contributed by atoms with E-state index < -0.39 is 0 Å². The Balaban J connectivity index is 2.31. The summed E-state index contributed by atoms with van der Waals surface area (Å²) in [7, 11) is 0. The summed E-state index contributed by atoms with van der Waals surface area (Å²) in [6.45, 7) is 7.38. The standard InChI is InChI=1S/C10H19NO2/c1-7(2)10(12)4-9-6-13-5-8(3)11-9/h7-9,11H,4-6H2,1-3H3. The maximum absolute atomic E-state index is 11.4. The molecule has 1 aliphatic rings. The van der Waals surface area contributed by atoms with E-state index in [0.717, 1.165) is 6.61 Å². The summed E-state index contributed by atoms with van der Waals surface area (Å²) in [6, 6.07) is 0.595. The largest absolute Gasteiger partial charge is 0.378 e. The van der Waals surface area contributed by atoms with Crippen LogP contribution in [0.4, 0.5) is 0 Å². The lowest BCUT2D eigenvalue weighted by atomic mass is 10.0. The lowest BCUT2D eigenvalue weighted by Crippen LogP contribution is -2.48. The van der Waals surface area contributed by atoms with Crippen molar-refractivity contribution in [2.45, 2.75) is 39.3 Å². The van der Waals surface area contributed by atoms with Crippen LogP contribution >= 0.6 is 0 Å². The summed E-state index contributed by atoms with van der Waals surface area (Å²) in [5, 5.41) is 3.36. The van der Waals surface area contributed by atoms with Gasteiger partial charge < -0.3 is 10.1 Å². The monoisotopic (exact) mass is 185 g/mol. The number of rotatable bonds is 3. The Morgan fingerprint density at radius 2 is 2.23 bits per heavy atom. The molecule has 0 bridgehead atoms. The number of ether oxygens (including phenoxy) is 1.